The van der Waals surface area contributed by atoms with Gasteiger partial charge >= 0.3 is 6.09 Å². The van der Waals surface area contributed by atoms with E-state index < -0.39 is 11.0 Å². The van der Waals surface area contributed by atoms with Gasteiger partial charge in [0.25, 0.3) is 5.69 Å². The molecule has 0 aliphatic rings. The van der Waals surface area contributed by atoms with Crippen LogP contribution in [0.25, 0.3) is 0 Å². The van der Waals surface area contributed by atoms with Crippen LogP contribution >= 0.6 is 0 Å². The number of rotatable bonds is 6. The lowest BCUT2D eigenvalue weighted by Crippen LogP contribution is -2.28. The molecule has 0 aliphatic heterocycles. The highest BCUT2D eigenvalue weighted by Gasteiger charge is 2.07. The summed E-state index contributed by atoms with van der Waals surface area (Å²) in [4.78, 5) is 21.4. The standard InChI is InChI=1S/C13H18N2O4/c1-3-10(2)8-14-13(16)19-9-11-4-6-12(7-5-11)15(17)18/h4-7,10H,3,8-9H2,1-2H3,(H,14,16). The normalized spacial score (nSPS) is 11.7. The molecule has 0 aromatic heterocycles. The van der Waals surface area contributed by atoms with Crippen LogP contribution in [0.3, 0.4) is 0 Å². The second-order valence-corrected chi connectivity index (χ2v) is 4.39. The molecule has 1 rings (SSSR count). The molecule has 104 valence electrons. The Bertz CT molecular complexity index is 431. The van der Waals surface area contributed by atoms with Crippen LogP contribution in [-0.4, -0.2) is 17.6 Å². The van der Waals surface area contributed by atoms with E-state index in [0.717, 1.165) is 6.42 Å². The molecular weight excluding hydrogens is 248 g/mol. The third kappa shape index (κ3) is 5.37. The number of nitro benzene ring substituents is 1. The Hall–Kier alpha value is -2.11. The fourth-order valence-electron chi connectivity index (χ4n) is 1.32. The van der Waals surface area contributed by atoms with E-state index in [0.29, 0.717) is 18.0 Å². The lowest BCUT2D eigenvalue weighted by atomic mass is 10.1. The van der Waals surface area contributed by atoms with E-state index in [1.54, 1.807) is 12.1 Å². The van der Waals surface area contributed by atoms with Gasteiger partial charge in [-0.15, -0.1) is 0 Å². The highest BCUT2D eigenvalue weighted by atomic mass is 16.6. The van der Waals surface area contributed by atoms with Gasteiger partial charge in [-0.2, -0.15) is 0 Å². The average molecular weight is 266 g/mol. The van der Waals surface area contributed by atoms with Crippen molar-refractivity contribution in [2.24, 2.45) is 5.92 Å². The third-order valence-electron chi connectivity index (χ3n) is 2.81. The fraction of sp³-hybridized carbons (Fsp3) is 0.462. The van der Waals surface area contributed by atoms with Crippen LogP contribution in [0, 0.1) is 16.0 Å². The largest absolute Gasteiger partial charge is 0.445 e. The maximum Gasteiger partial charge on any atom is 0.407 e. The highest BCUT2D eigenvalue weighted by Crippen LogP contribution is 2.12. The van der Waals surface area contributed by atoms with Gasteiger partial charge in [0.15, 0.2) is 0 Å². The van der Waals surface area contributed by atoms with E-state index in [-0.39, 0.29) is 12.3 Å². The first kappa shape index (κ1) is 14.9. The number of nitrogens with zero attached hydrogens (tertiary/aromatic N) is 1. The minimum Gasteiger partial charge on any atom is -0.445 e. The van der Waals surface area contributed by atoms with Crippen molar-refractivity contribution < 1.29 is 14.5 Å². The van der Waals surface area contributed by atoms with E-state index in [4.69, 9.17) is 4.74 Å². The number of hydrogen-bond donors (Lipinski definition) is 1. The summed E-state index contributed by atoms with van der Waals surface area (Å²) in [6.07, 6.45) is 0.515. The van der Waals surface area contributed by atoms with Gasteiger partial charge in [0, 0.05) is 18.7 Å². The molecule has 1 aromatic carbocycles. The van der Waals surface area contributed by atoms with Gasteiger partial charge in [0.1, 0.15) is 6.61 Å². The number of benzene rings is 1. The summed E-state index contributed by atoms with van der Waals surface area (Å²) in [5, 5.41) is 13.1. The van der Waals surface area contributed by atoms with Crippen molar-refractivity contribution in [3.05, 3.63) is 39.9 Å². The summed E-state index contributed by atoms with van der Waals surface area (Å²) in [6, 6.07) is 5.91. The number of hydrogen-bond acceptors (Lipinski definition) is 4. The predicted molar refractivity (Wildman–Crippen MR) is 70.7 cm³/mol. The highest BCUT2D eigenvalue weighted by molar-refractivity contribution is 5.67. The minimum atomic E-state index is -0.473. The van der Waals surface area contributed by atoms with Crippen molar-refractivity contribution in [3.63, 3.8) is 0 Å². The van der Waals surface area contributed by atoms with Crippen LogP contribution in [0.2, 0.25) is 0 Å². The zero-order valence-corrected chi connectivity index (χ0v) is 11.1. The summed E-state index contributed by atoms with van der Waals surface area (Å²) >= 11 is 0. The Morgan fingerprint density at radius 3 is 2.58 bits per heavy atom. The zero-order chi connectivity index (χ0) is 14.3. The van der Waals surface area contributed by atoms with Crippen LogP contribution < -0.4 is 5.32 Å². The van der Waals surface area contributed by atoms with Crippen LogP contribution in [0.15, 0.2) is 24.3 Å². The second kappa shape index (κ2) is 7.35. The lowest BCUT2D eigenvalue weighted by Gasteiger charge is -2.10. The first-order valence-corrected chi connectivity index (χ1v) is 6.17. The number of nitrogens with one attached hydrogen (secondary N) is 1. The molecule has 6 heteroatoms. The Balaban J connectivity index is 2.35. The van der Waals surface area contributed by atoms with E-state index in [1.807, 2.05) is 6.92 Å². The Labute approximate surface area is 111 Å². The van der Waals surface area contributed by atoms with Crippen molar-refractivity contribution in [1.82, 2.24) is 5.32 Å². The molecule has 0 fully saturated rings. The summed E-state index contributed by atoms with van der Waals surface area (Å²) in [5.74, 6) is 0.409. The molecule has 1 N–H and O–H groups in total. The van der Waals surface area contributed by atoms with Crippen molar-refractivity contribution in [3.8, 4) is 0 Å². The molecule has 0 heterocycles. The van der Waals surface area contributed by atoms with E-state index in [9.17, 15) is 14.9 Å². The Morgan fingerprint density at radius 1 is 1.42 bits per heavy atom. The van der Waals surface area contributed by atoms with Crippen molar-refractivity contribution >= 4 is 11.8 Å². The molecule has 1 atom stereocenters. The summed E-state index contributed by atoms with van der Waals surface area (Å²) in [5.41, 5.74) is 0.731. The maximum absolute atomic E-state index is 11.4. The second-order valence-electron chi connectivity index (χ2n) is 4.39. The summed E-state index contributed by atoms with van der Waals surface area (Å²) in [6.45, 7) is 4.77. The molecule has 0 saturated heterocycles. The van der Waals surface area contributed by atoms with Crippen molar-refractivity contribution in [1.29, 1.82) is 0 Å². The molecular formula is C13H18N2O4. The number of alkyl carbamates (subject to hydrolysis) is 1. The Kier molecular flexibility index (Phi) is 5.78. The predicted octanol–water partition coefficient (Wildman–Crippen LogP) is 2.87. The number of ether oxygens (including phenoxy) is 1. The van der Waals surface area contributed by atoms with Crippen LogP contribution in [0.1, 0.15) is 25.8 Å². The van der Waals surface area contributed by atoms with Gasteiger partial charge in [0.05, 0.1) is 4.92 Å². The number of carbonyl (C=O) groups is 1. The monoisotopic (exact) mass is 266 g/mol. The van der Waals surface area contributed by atoms with Gasteiger partial charge in [-0.25, -0.2) is 4.79 Å². The van der Waals surface area contributed by atoms with Crippen molar-refractivity contribution in [2.75, 3.05) is 6.54 Å². The number of amides is 1. The first-order chi connectivity index (χ1) is 9.02. The molecule has 1 amide bonds. The average Bonchev–Trinajstić information content (AvgIpc) is 2.42. The quantitative estimate of drug-likeness (QED) is 0.634. The SMILES string of the molecule is CCC(C)CNC(=O)OCc1ccc([N+](=O)[O-])cc1. The smallest absolute Gasteiger partial charge is 0.407 e. The van der Waals surface area contributed by atoms with Gasteiger partial charge in [0.2, 0.25) is 0 Å². The maximum atomic E-state index is 11.4. The molecule has 0 saturated carbocycles. The lowest BCUT2D eigenvalue weighted by molar-refractivity contribution is -0.384. The molecule has 0 aliphatic carbocycles. The molecule has 19 heavy (non-hydrogen) atoms. The topological polar surface area (TPSA) is 81.5 Å². The zero-order valence-electron chi connectivity index (χ0n) is 11.1. The van der Waals surface area contributed by atoms with Crippen LogP contribution in [0.5, 0.6) is 0 Å². The molecule has 0 bridgehead atoms. The fourth-order valence-corrected chi connectivity index (χ4v) is 1.32. The first-order valence-electron chi connectivity index (χ1n) is 6.17. The molecule has 1 unspecified atom stereocenters. The molecule has 1 aromatic rings. The van der Waals surface area contributed by atoms with Gasteiger partial charge in [-0.1, -0.05) is 20.3 Å². The molecule has 0 spiro atoms. The third-order valence-corrected chi connectivity index (χ3v) is 2.81. The van der Waals surface area contributed by atoms with E-state index in [1.165, 1.54) is 12.1 Å². The van der Waals surface area contributed by atoms with E-state index >= 15 is 0 Å². The number of non-ortho nitro benzene ring substituents is 1. The Morgan fingerprint density at radius 2 is 2.05 bits per heavy atom. The van der Waals surface area contributed by atoms with E-state index in [2.05, 4.69) is 12.2 Å². The van der Waals surface area contributed by atoms with Gasteiger partial charge in [-0.05, 0) is 23.6 Å². The molecule has 6 nitrogen and oxygen atoms in total. The summed E-state index contributed by atoms with van der Waals surface area (Å²) in [7, 11) is 0. The minimum absolute atomic E-state index is 0.0185. The number of carbonyl (C=O) groups excluding carboxylic acids is 1. The molecule has 0 radical (unpaired) electrons. The summed E-state index contributed by atoms with van der Waals surface area (Å²) < 4.78 is 5.00. The van der Waals surface area contributed by atoms with Crippen LogP contribution in [0.4, 0.5) is 10.5 Å². The number of nitro groups is 1. The van der Waals surface area contributed by atoms with Gasteiger partial charge in [-0.3, -0.25) is 10.1 Å². The van der Waals surface area contributed by atoms with Crippen LogP contribution in [-0.2, 0) is 11.3 Å². The van der Waals surface area contributed by atoms with Gasteiger partial charge < -0.3 is 10.1 Å². The van der Waals surface area contributed by atoms with Crippen molar-refractivity contribution in [2.45, 2.75) is 26.9 Å².